The average Bonchev–Trinajstić information content (AvgIpc) is 3.21. The van der Waals surface area contributed by atoms with Crippen LogP contribution in [-0.4, -0.2) is 26.8 Å². The van der Waals surface area contributed by atoms with E-state index in [1.165, 1.54) is 25.1 Å². The van der Waals surface area contributed by atoms with E-state index in [2.05, 4.69) is 9.97 Å². The Morgan fingerprint density at radius 2 is 1.75 bits per heavy atom. The first-order chi connectivity index (χ1) is 15.4. The minimum Gasteiger partial charge on any atom is -0.506 e. The average molecular weight is 430 g/mol. The number of hydrogen-bond acceptors (Lipinski definition) is 5. The number of imidazole rings is 1. The number of esters is 1. The molecular formula is C25H19FN2O4. The lowest BCUT2D eigenvalue weighted by molar-refractivity contribution is -0.142. The van der Waals surface area contributed by atoms with Crippen molar-refractivity contribution in [1.29, 1.82) is 0 Å². The van der Waals surface area contributed by atoms with Crippen molar-refractivity contribution in [2.75, 3.05) is 0 Å². The molecule has 0 unspecified atom stereocenters. The number of nitrogens with one attached hydrogen (secondary N) is 1. The maximum Gasteiger partial charge on any atom is 0.302 e. The molecule has 0 spiro atoms. The maximum absolute atomic E-state index is 13.8. The van der Waals surface area contributed by atoms with Crippen LogP contribution < -0.4 is 0 Å². The standard InChI is InChI=1S/C25H19FN2O4/c1-15(29)32-14-16-6-4-7-17(12-16)23(30)22(24(31)18-8-5-9-19(26)13-18)25-27-20-10-2-3-11-21(20)28-25/h2-13,30H,14H2,1H3,(H,27,28)/b23-22-. The Bertz CT molecular complexity index is 1320. The van der Waals surface area contributed by atoms with Crippen molar-refractivity contribution >= 4 is 34.1 Å². The number of Topliss-reactive ketones (excluding diaryl/α,β-unsaturated/α-hetero) is 1. The summed E-state index contributed by atoms with van der Waals surface area (Å²) >= 11 is 0. The summed E-state index contributed by atoms with van der Waals surface area (Å²) < 4.78 is 18.8. The van der Waals surface area contributed by atoms with Gasteiger partial charge >= 0.3 is 5.97 Å². The number of aliphatic hydroxyl groups excluding tert-OH is 1. The van der Waals surface area contributed by atoms with Crippen molar-refractivity contribution in [3.63, 3.8) is 0 Å². The van der Waals surface area contributed by atoms with E-state index in [4.69, 9.17) is 4.74 Å². The zero-order valence-electron chi connectivity index (χ0n) is 17.1. The number of benzene rings is 3. The molecule has 0 amide bonds. The Hall–Kier alpha value is -4.26. The topological polar surface area (TPSA) is 92.3 Å². The number of carbonyl (C=O) groups is 2. The quantitative estimate of drug-likeness (QED) is 0.193. The van der Waals surface area contributed by atoms with Gasteiger partial charge in [0.05, 0.1) is 11.0 Å². The minimum absolute atomic E-state index is 0.0221. The van der Waals surface area contributed by atoms with Crippen molar-refractivity contribution in [2.45, 2.75) is 13.5 Å². The third-order valence-corrected chi connectivity index (χ3v) is 4.82. The fourth-order valence-corrected chi connectivity index (χ4v) is 3.31. The third-order valence-electron chi connectivity index (χ3n) is 4.82. The number of aromatic nitrogens is 2. The molecule has 160 valence electrons. The van der Waals surface area contributed by atoms with Crippen LogP contribution in [0.15, 0.2) is 72.8 Å². The first-order valence-electron chi connectivity index (χ1n) is 9.83. The Kier molecular flexibility index (Phi) is 5.81. The van der Waals surface area contributed by atoms with Crippen LogP contribution in [0.2, 0.25) is 0 Å². The number of halogens is 1. The first kappa shape index (κ1) is 21.0. The van der Waals surface area contributed by atoms with Gasteiger partial charge in [-0.15, -0.1) is 0 Å². The Labute approximate surface area is 183 Å². The predicted octanol–water partition coefficient (Wildman–Crippen LogP) is 5.07. The second-order valence-electron chi connectivity index (χ2n) is 7.15. The van der Waals surface area contributed by atoms with Crippen LogP contribution in [0.3, 0.4) is 0 Å². The second kappa shape index (κ2) is 8.85. The van der Waals surface area contributed by atoms with Gasteiger partial charge in [-0.3, -0.25) is 9.59 Å². The van der Waals surface area contributed by atoms with Gasteiger partial charge in [0.25, 0.3) is 0 Å². The van der Waals surface area contributed by atoms with Crippen LogP contribution in [0.1, 0.15) is 34.2 Å². The number of H-pyrrole nitrogens is 1. The van der Waals surface area contributed by atoms with Gasteiger partial charge in [0.15, 0.2) is 0 Å². The van der Waals surface area contributed by atoms with Gasteiger partial charge in [-0.2, -0.15) is 0 Å². The van der Waals surface area contributed by atoms with E-state index in [0.29, 0.717) is 22.2 Å². The fourth-order valence-electron chi connectivity index (χ4n) is 3.31. The van der Waals surface area contributed by atoms with Crippen LogP contribution in [0, 0.1) is 5.82 Å². The van der Waals surface area contributed by atoms with Crippen molar-refractivity contribution in [3.8, 4) is 0 Å². The second-order valence-corrected chi connectivity index (χ2v) is 7.15. The van der Waals surface area contributed by atoms with Crippen molar-refractivity contribution < 1.29 is 23.8 Å². The van der Waals surface area contributed by atoms with E-state index >= 15 is 0 Å². The molecule has 0 saturated heterocycles. The van der Waals surface area contributed by atoms with Crippen LogP contribution in [0.4, 0.5) is 4.39 Å². The van der Waals surface area contributed by atoms with Crippen LogP contribution >= 0.6 is 0 Å². The molecule has 0 aliphatic rings. The van der Waals surface area contributed by atoms with Gasteiger partial charge in [0, 0.05) is 18.1 Å². The van der Waals surface area contributed by atoms with Crippen LogP contribution in [0.5, 0.6) is 0 Å². The molecule has 0 fully saturated rings. The molecule has 0 radical (unpaired) electrons. The number of para-hydroxylation sites is 2. The SMILES string of the molecule is CC(=O)OCc1cccc(/C(O)=C(\C(=O)c2cccc(F)c2)c2nc3ccccc3[nH]2)c1. The van der Waals surface area contributed by atoms with Crippen LogP contribution in [-0.2, 0) is 16.1 Å². The summed E-state index contributed by atoms with van der Waals surface area (Å²) in [6.45, 7) is 1.33. The summed E-state index contributed by atoms with van der Waals surface area (Å²) in [6.07, 6.45) is 0. The van der Waals surface area contributed by atoms with E-state index in [9.17, 15) is 19.1 Å². The lowest BCUT2D eigenvalue weighted by Crippen LogP contribution is -2.08. The number of hydrogen-bond donors (Lipinski definition) is 2. The number of fused-ring (bicyclic) bond motifs is 1. The van der Waals surface area contributed by atoms with Gasteiger partial charge in [0.1, 0.15) is 29.6 Å². The molecule has 3 aromatic carbocycles. The normalized spacial score (nSPS) is 11.8. The number of aromatic amines is 1. The monoisotopic (exact) mass is 430 g/mol. The highest BCUT2D eigenvalue weighted by atomic mass is 19.1. The van der Waals surface area contributed by atoms with Crippen molar-refractivity contribution in [3.05, 3.63) is 101 Å². The number of allylic oxidation sites excluding steroid dienone is 1. The summed E-state index contributed by atoms with van der Waals surface area (Å²) in [4.78, 5) is 32.0. The summed E-state index contributed by atoms with van der Waals surface area (Å²) in [5.74, 6) is -1.76. The van der Waals surface area contributed by atoms with Gasteiger partial charge in [-0.05, 0) is 35.9 Å². The fraction of sp³-hybridized carbons (Fsp3) is 0.0800. The summed E-state index contributed by atoms with van der Waals surface area (Å²) in [6, 6.07) is 19.1. The summed E-state index contributed by atoms with van der Waals surface area (Å²) in [5.41, 5.74) is 2.23. The van der Waals surface area contributed by atoms with E-state index < -0.39 is 17.6 Å². The predicted molar refractivity (Wildman–Crippen MR) is 118 cm³/mol. The molecule has 1 heterocycles. The molecule has 7 heteroatoms. The Balaban J connectivity index is 1.86. The van der Waals surface area contributed by atoms with Crippen LogP contribution in [0.25, 0.3) is 22.4 Å². The van der Waals surface area contributed by atoms with E-state index in [1.807, 2.05) is 12.1 Å². The van der Waals surface area contributed by atoms with Gasteiger partial charge in [-0.1, -0.05) is 42.5 Å². The molecule has 32 heavy (non-hydrogen) atoms. The highest BCUT2D eigenvalue weighted by molar-refractivity contribution is 6.33. The van der Waals surface area contributed by atoms with Gasteiger partial charge in [0.2, 0.25) is 5.78 Å². The molecule has 6 nitrogen and oxygen atoms in total. The number of ether oxygens (including phenoxy) is 1. The van der Waals surface area contributed by atoms with Crippen molar-refractivity contribution in [1.82, 2.24) is 9.97 Å². The number of ketones is 1. The number of rotatable bonds is 6. The minimum atomic E-state index is -0.591. The molecular weight excluding hydrogens is 411 g/mol. The van der Waals surface area contributed by atoms with E-state index in [1.54, 1.807) is 36.4 Å². The smallest absolute Gasteiger partial charge is 0.302 e. The third kappa shape index (κ3) is 4.41. The molecule has 4 rings (SSSR count). The molecule has 0 aliphatic heterocycles. The lowest BCUT2D eigenvalue weighted by Gasteiger charge is -2.10. The summed E-state index contributed by atoms with van der Waals surface area (Å²) in [7, 11) is 0. The van der Waals surface area contributed by atoms with Crippen molar-refractivity contribution in [2.24, 2.45) is 0 Å². The highest BCUT2D eigenvalue weighted by Crippen LogP contribution is 2.29. The van der Waals surface area contributed by atoms with E-state index in [0.717, 1.165) is 6.07 Å². The molecule has 0 saturated carbocycles. The maximum atomic E-state index is 13.8. The molecule has 1 aromatic heterocycles. The first-order valence-corrected chi connectivity index (χ1v) is 9.83. The molecule has 0 bridgehead atoms. The number of carbonyl (C=O) groups excluding carboxylic acids is 2. The molecule has 4 aromatic rings. The number of nitrogens with zero attached hydrogens (tertiary/aromatic N) is 1. The molecule has 0 atom stereocenters. The molecule has 0 aliphatic carbocycles. The zero-order valence-corrected chi connectivity index (χ0v) is 17.1. The highest BCUT2D eigenvalue weighted by Gasteiger charge is 2.24. The van der Waals surface area contributed by atoms with Gasteiger partial charge in [-0.25, -0.2) is 9.37 Å². The van der Waals surface area contributed by atoms with E-state index in [-0.39, 0.29) is 29.3 Å². The zero-order chi connectivity index (χ0) is 22.7. The number of aliphatic hydroxyl groups is 1. The largest absolute Gasteiger partial charge is 0.506 e. The Morgan fingerprint density at radius 3 is 2.50 bits per heavy atom. The summed E-state index contributed by atoms with van der Waals surface area (Å²) in [5, 5.41) is 11.2. The Morgan fingerprint density at radius 1 is 1.00 bits per heavy atom. The van der Waals surface area contributed by atoms with Gasteiger partial charge < -0.3 is 14.8 Å². The lowest BCUT2D eigenvalue weighted by atomic mass is 9.98. The molecule has 2 N–H and O–H groups in total.